The van der Waals surface area contributed by atoms with Crippen LogP contribution in [-0.4, -0.2) is 53.8 Å². The van der Waals surface area contributed by atoms with Crippen molar-refractivity contribution in [2.75, 3.05) is 26.2 Å². The van der Waals surface area contributed by atoms with Crippen molar-refractivity contribution in [2.24, 2.45) is 23.5 Å². The van der Waals surface area contributed by atoms with E-state index in [1.807, 2.05) is 23.6 Å². The van der Waals surface area contributed by atoms with E-state index in [-0.39, 0.29) is 23.8 Å². The minimum atomic E-state index is -0.143. The van der Waals surface area contributed by atoms with Crippen molar-refractivity contribution < 1.29 is 9.59 Å². The summed E-state index contributed by atoms with van der Waals surface area (Å²) >= 11 is 0. The Morgan fingerprint density at radius 2 is 1.45 bits per heavy atom. The van der Waals surface area contributed by atoms with Gasteiger partial charge in [0.2, 0.25) is 11.8 Å². The van der Waals surface area contributed by atoms with Gasteiger partial charge in [-0.25, -0.2) is 0 Å². The van der Waals surface area contributed by atoms with Crippen LogP contribution in [0, 0.1) is 17.8 Å². The molecule has 0 aromatic heterocycles. The van der Waals surface area contributed by atoms with E-state index < -0.39 is 0 Å². The van der Waals surface area contributed by atoms with Crippen molar-refractivity contribution in [1.29, 1.82) is 0 Å². The highest BCUT2D eigenvalue weighted by atomic mass is 16.2. The van der Waals surface area contributed by atoms with Gasteiger partial charge in [-0.2, -0.15) is 0 Å². The van der Waals surface area contributed by atoms with Gasteiger partial charge in [-0.1, -0.05) is 13.8 Å². The fourth-order valence-electron chi connectivity index (χ4n) is 3.35. The number of nitrogens with two attached hydrogens (primary N) is 1. The van der Waals surface area contributed by atoms with Gasteiger partial charge in [0.15, 0.2) is 0 Å². The lowest BCUT2D eigenvalue weighted by atomic mass is 9.91. The van der Waals surface area contributed by atoms with E-state index in [1.165, 1.54) is 0 Å². The van der Waals surface area contributed by atoms with Crippen LogP contribution < -0.4 is 5.73 Å². The maximum atomic E-state index is 12.6. The Hall–Kier alpha value is -1.10. The number of carbonyl (C=O) groups excluding carboxylic acids is 2. The highest BCUT2D eigenvalue weighted by molar-refractivity contribution is 5.81. The number of carbonyl (C=O) groups is 2. The van der Waals surface area contributed by atoms with Gasteiger partial charge >= 0.3 is 0 Å². The topological polar surface area (TPSA) is 66.6 Å². The van der Waals surface area contributed by atoms with Crippen LogP contribution >= 0.6 is 0 Å². The molecule has 2 rings (SSSR count). The molecular weight excluding hydrogens is 278 g/mol. The van der Waals surface area contributed by atoms with Crippen molar-refractivity contribution in [2.45, 2.75) is 52.5 Å². The third-order valence-corrected chi connectivity index (χ3v) is 5.43. The first kappa shape index (κ1) is 17.3. The lowest BCUT2D eigenvalue weighted by molar-refractivity contribution is -0.143. The molecule has 2 heterocycles. The van der Waals surface area contributed by atoms with Crippen LogP contribution in [0.1, 0.15) is 46.5 Å². The second kappa shape index (κ2) is 7.44. The lowest BCUT2D eigenvalue weighted by Crippen LogP contribution is -2.48. The molecule has 2 fully saturated rings. The van der Waals surface area contributed by atoms with E-state index in [2.05, 4.69) is 6.92 Å². The van der Waals surface area contributed by atoms with Crippen molar-refractivity contribution in [1.82, 2.24) is 9.80 Å². The van der Waals surface area contributed by atoms with Crippen LogP contribution in [0.2, 0.25) is 0 Å². The summed E-state index contributed by atoms with van der Waals surface area (Å²) in [5, 5.41) is 0. The Kier molecular flexibility index (Phi) is 5.84. The van der Waals surface area contributed by atoms with Crippen molar-refractivity contribution >= 4 is 11.8 Å². The standard InChI is InChI=1S/C17H31N3O2/c1-12-4-8-20(9-5-12)17(22)15-6-10-19(11-7-15)16(21)13(2)14(3)18/h12-15H,4-11,18H2,1-3H3. The Balaban J connectivity index is 1.81. The summed E-state index contributed by atoms with van der Waals surface area (Å²) in [4.78, 5) is 28.8. The van der Waals surface area contributed by atoms with E-state index in [0.717, 1.165) is 44.7 Å². The number of piperidine rings is 2. The van der Waals surface area contributed by atoms with E-state index in [9.17, 15) is 9.59 Å². The third-order valence-electron chi connectivity index (χ3n) is 5.43. The summed E-state index contributed by atoms with van der Waals surface area (Å²) in [5.41, 5.74) is 5.82. The maximum absolute atomic E-state index is 12.6. The largest absolute Gasteiger partial charge is 0.342 e. The van der Waals surface area contributed by atoms with Gasteiger partial charge < -0.3 is 15.5 Å². The average Bonchev–Trinajstić information content (AvgIpc) is 2.53. The quantitative estimate of drug-likeness (QED) is 0.858. The van der Waals surface area contributed by atoms with Crippen molar-refractivity contribution in [3.63, 3.8) is 0 Å². The van der Waals surface area contributed by atoms with Crippen LogP contribution in [0.4, 0.5) is 0 Å². The lowest BCUT2D eigenvalue weighted by Gasteiger charge is -2.37. The first-order valence-corrected chi connectivity index (χ1v) is 8.73. The molecule has 5 nitrogen and oxygen atoms in total. The molecule has 2 atom stereocenters. The number of nitrogens with zero attached hydrogens (tertiary/aromatic N) is 2. The summed E-state index contributed by atoms with van der Waals surface area (Å²) < 4.78 is 0. The first-order chi connectivity index (χ1) is 10.4. The van der Waals surface area contributed by atoms with Crippen LogP contribution in [0.15, 0.2) is 0 Å². The number of rotatable bonds is 3. The molecule has 0 aromatic rings. The molecule has 2 aliphatic heterocycles. The van der Waals surface area contributed by atoms with Crippen LogP contribution in [0.25, 0.3) is 0 Å². The van der Waals surface area contributed by atoms with E-state index in [1.54, 1.807) is 0 Å². The monoisotopic (exact) mass is 309 g/mol. The molecule has 22 heavy (non-hydrogen) atoms. The molecule has 2 unspecified atom stereocenters. The minimum absolute atomic E-state index is 0.100. The highest BCUT2D eigenvalue weighted by Gasteiger charge is 2.33. The average molecular weight is 309 g/mol. The normalized spacial score (nSPS) is 24.2. The number of hydrogen-bond donors (Lipinski definition) is 1. The van der Waals surface area contributed by atoms with Gasteiger partial charge in [-0.15, -0.1) is 0 Å². The molecule has 2 N–H and O–H groups in total. The maximum Gasteiger partial charge on any atom is 0.226 e. The summed E-state index contributed by atoms with van der Waals surface area (Å²) in [6.07, 6.45) is 3.83. The smallest absolute Gasteiger partial charge is 0.226 e. The van der Waals surface area contributed by atoms with E-state index >= 15 is 0 Å². The number of amides is 2. The van der Waals surface area contributed by atoms with Crippen LogP contribution in [0.5, 0.6) is 0 Å². The second-order valence-electron chi connectivity index (χ2n) is 7.26. The SMILES string of the molecule is CC1CCN(C(=O)C2CCN(C(=O)C(C)C(C)N)CC2)CC1. The van der Waals surface area contributed by atoms with Gasteiger partial charge in [-0.3, -0.25) is 9.59 Å². The van der Waals surface area contributed by atoms with Gasteiger partial charge in [0, 0.05) is 38.1 Å². The molecule has 0 spiro atoms. The summed E-state index contributed by atoms with van der Waals surface area (Å²) in [5.74, 6) is 1.13. The van der Waals surface area contributed by atoms with E-state index in [4.69, 9.17) is 5.73 Å². The molecular formula is C17H31N3O2. The Morgan fingerprint density at radius 1 is 0.955 bits per heavy atom. The summed E-state index contributed by atoms with van der Waals surface area (Å²) in [7, 11) is 0. The number of hydrogen-bond acceptors (Lipinski definition) is 3. The van der Waals surface area contributed by atoms with Gasteiger partial charge in [-0.05, 0) is 38.5 Å². The molecule has 2 aliphatic rings. The molecule has 126 valence electrons. The van der Waals surface area contributed by atoms with E-state index in [0.29, 0.717) is 19.0 Å². The molecule has 0 saturated carbocycles. The Bertz CT molecular complexity index is 395. The zero-order valence-electron chi connectivity index (χ0n) is 14.3. The first-order valence-electron chi connectivity index (χ1n) is 8.73. The van der Waals surface area contributed by atoms with Crippen LogP contribution in [-0.2, 0) is 9.59 Å². The van der Waals surface area contributed by atoms with Crippen molar-refractivity contribution in [3.8, 4) is 0 Å². The predicted octanol–water partition coefficient (Wildman–Crippen LogP) is 1.47. The second-order valence-corrected chi connectivity index (χ2v) is 7.26. The fourth-order valence-corrected chi connectivity index (χ4v) is 3.35. The molecule has 2 amide bonds. The minimum Gasteiger partial charge on any atom is -0.342 e. The number of likely N-dealkylation sites (tertiary alicyclic amines) is 2. The van der Waals surface area contributed by atoms with Crippen molar-refractivity contribution in [3.05, 3.63) is 0 Å². The third kappa shape index (κ3) is 4.00. The zero-order chi connectivity index (χ0) is 16.3. The van der Waals surface area contributed by atoms with Gasteiger partial charge in [0.1, 0.15) is 0 Å². The molecule has 0 aliphatic carbocycles. The summed E-state index contributed by atoms with van der Waals surface area (Å²) in [6, 6.07) is -0.123. The van der Waals surface area contributed by atoms with Gasteiger partial charge in [0.05, 0.1) is 5.92 Å². The summed E-state index contributed by atoms with van der Waals surface area (Å²) in [6.45, 7) is 9.20. The molecule has 5 heteroatoms. The zero-order valence-corrected chi connectivity index (χ0v) is 14.3. The highest BCUT2D eigenvalue weighted by Crippen LogP contribution is 2.24. The molecule has 2 saturated heterocycles. The molecule has 0 radical (unpaired) electrons. The Morgan fingerprint density at radius 3 is 1.95 bits per heavy atom. The molecule has 0 aromatic carbocycles. The Labute approximate surface area is 134 Å². The molecule has 0 bridgehead atoms. The fraction of sp³-hybridized carbons (Fsp3) is 0.882. The van der Waals surface area contributed by atoms with Gasteiger partial charge in [0.25, 0.3) is 0 Å². The van der Waals surface area contributed by atoms with Crippen LogP contribution in [0.3, 0.4) is 0 Å². The predicted molar refractivity (Wildman–Crippen MR) is 87.1 cm³/mol.